The lowest BCUT2D eigenvalue weighted by Gasteiger charge is -2.41. The van der Waals surface area contributed by atoms with E-state index in [0.29, 0.717) is 24.0 Å². The van der Waals surface area contributed by atoms with Crippen molar-refractivity contribution in [1.82, 2.24) is 25.5 Å². The number of carbonyl (C=O) groups is 2. The van der Waals surface area contributed by atoms with Gasteiger partial charge >= 0.3 is 12.2 Å². The minimum absolute atomic E-state index is 0.0357. The highest BCUT2D eigenvalue weighted by Gasteiger charge is 2.37. The van der Waals surface area contributed by atoms with E-state index in [-0.39, 0.29) is 35.4 Å². The Hall–Kier alpha value is -4.16. The molecule has 0 radical (unpaired) electrons. The van der Waals surface area contributed by atoms with E-state index in [4.69, 9.17) is 4.74 Å². The molecule has 0 spiro atoms. The Morgan fingerprint density at radius 2 is 1.68 bits per heavy atom. The molecule has 1 aromatic heterocycles. The second-order valence-electron chi connectivity index (χ2n) is 12.8. The summed E-state index contributed by atoms with van der Waals surface area (Å²) in [4.78, 5) is 27.9. The largest absolute Gasteiger partial charge is 0.493 e. The predicted octanol–water partition coefficient (Wildman–Crippen LogP) is 6.90. The quantitative estimate of drug-likeness (QED) is 0.241. The lowest BCUT2D eigenvalue weighted by Crippen LogP contribution is -2.45. The maximum Gasteiger partial charge on any atom is 0.418 e. The van der Waals surface area contributed by atoms with Gasteiger partial charge in [-0.2, -0.15) is 18.4 Å². The van der Waals surface area contributed by atoms with Crippen LogP contribution in [0, 0.1) is 17.3 Å². The third-order valence-electron chi connectivity index (χ3n) is 8.48. The van der Waals surface area contributed by atoms with E-state index in [9.17, 15) is 22.8 Å². The summed E-state index contributed by atoms with van der Waals surface area (Å²) in [5, 5.41) is 18.1. The number of benzene rings is 2. The molecule has 5 rings (SSSR count). The van der Waals surface area contributed by atoms with Crippen molar-refractivity contribution < 1.29 is 27.5 Å². The van der Waals surface area contributed by atoms with Crippen LogP contribution in [0.4, 0.5) is 29.6 Å². The number of halogens is 3. The van der Waals surface area contributed by atoms with Crippen molar-refractivity contribution in [2.24, 2.45) is 17.3 Å². The summed E-state index contributed by atoms with van der Waals surface area (Å²) in [5.41, 5.74) is -0.0651. The van der Waals surface area contributed by atoms with Crippen molar-refractivity contribution in [3.8, 4) is 5.75 Å². The van der Waals surface area contributed by atoms with Gasteiger partial charge in [-0.1, -0.05) is 38.0 Å². The lowest BCUT2D eigenvalue weighted by molar-refractivity contribution is -0.137. The second kappa shape index (κ2) is 12.8. The molecule has 1 heterocycles. The average Bonchev–Trinajstić information content (AvgIpc) is 3.68. The molecular formula is C31H38F3N7O3. The van der Waals surface area contributed by atoms with Crippen molar-refractivity contribution in [2.75, 3.05) is 17.2 Å². The standard InChI is InChI=1S/C31H38F3N7O3/c1-30(2,3)22-10-12-23(13-11-22)41(17-19-6-8-21(9-7-19)27(42)36-28-37-39-40-38-28)29(43)35-26-15-14-24(44-18-20-4-5-20)16-25(26)31(32,33)34/h6-9,14-16,20,22-23H,4-5,10-13,17-18H2,1-3H3,(H,35,43)(H2,36,37,38,39,40,42)/t22-,23-. The number of ether oxygens (including phenoxy) is 1. The number of hydrogen-bond donors (Lipinski definition) is 3. The van der Waals surface area contributed by atoms with Crippen molar-refractivity contribution in [2.45, 2.75) is 78.1 Å². The second-order valence-corrected chi connectivity index (χ2v) is 12.8. The van der Waals surface area contributed by atoms with Crippen LogP contribution in [-0.2, 0) is 12.7 Å². The zero-order chi connectivity index (χ0) is 31.5. The van der Waals surface area contributed by atoms with Gasteiger partial charge in [0.25, 0.3) is 11.9 Å². The Morgan fingerprint density at radius 3 is 2.27 bits per heavy atom. The van der Waals surface area contributed by atoms with Crippen LogP contribution in [0.25, 0.3) is 0 Å². The number of hydrogen-bond acceptors (Lipinski definition) is 6. The molecule has 2 aromatic carbocycles. The average molecular weight is 614 g/mol. The van der Waals surface area contributed by atoms with E-state index < -0.39 is 23.7 Å². The van der Waals surface area contributed by atoms with E-state index in [1.165, 1.54) is 12.1 Å². The first-order chi connectivity index (χ1) is 20.9. The molecule has 3 amide bonds. The SMILES string of the molecule is CC(C)(C)[C@H]1CC[C@H](N(Cc2ccc(C(=O)Nc3nn[nH]n3)cc2)C(=O)Nc2ccc(OCC3CC3)cc2C(F)(F)F)CC1. The Labute approximate surface area is 254 Å². The van der Waals surface area contributed by atoms with Gasteiger partial charge in [-0.05, 0) is 96.9 Å². The summed E-state index contributed by atoms with van der Waals surface area (Å²) in [7, 11) is 0. The number of H-pyrrole nitrogens is 1. The number of alkyl halides is 3. The highest BCUT2D eigenvalue weighted by molar-refractivity contribution is 6.03. The zero-order valence-corrected chi connectivity index (χ0v) is 25.1. The fraction of sp³-hybridized carbons (Fsp3) is 0.516. The number of amides is 3. The molecule has 2 aliphatic carbocycles. The van der Waals surface area contributed by atoms with Gasteiger partial charge < -0.3 is 15.0 Å². The number of nitrogens with one attached hydrogen (secondary N) is 3. The van der Waals surface area contributed by atoms with E-state index in [0.717, 1.165) is 50.2 Å². The van der Waals surface area contributed by atoms with Crippen LogP contribution in [0.3, 0.4) is 0 Å². The number of aromatic nitrogens is 4. The van der Waals surface area contributed by atoms with Crippen molar-refractivity contribution in [3.63, 3.8) is 0 Å². The molecular weight excluding hydrogens is 575 g/mol. The topological polar surface area (TPSA) is 125 Å². The number of tetrazole rings is 1. The maximum atomic E-state index is 14.1. The van der Waals surface area contributed by atoms with E-state index in [1.807, 2.05) is 0 Å². The third kappa shape index (κ3) is 8.06. The van der Waals surface area contributed by atoms with Crippen LogP contribution in [0.1, 0.15) is 80.8 Å². The van der Waals surface area contributed by atoms with Crippen molar-refractivity contribution >= 4 is 23.6 Å². The number of aromatic amines is 1. The Bertz CT molecular complexity index is 1430. The van der Waals surface area contributed by atoms with Gasteiger partial charge in [0.05, 0.1) is 17.9 Å². The maximum absolute atomic E-state index is 14.1. The van der Waals surface area contributed by atoms with Crippen LogP contribution < -0.4 is 15.4 Å². The minimum Gasteiger partial charge on any atom is -0.493 e. The highest BCUT2D eigenvalue weighted by Crippen LogP contribution is 2.41. The fourth-order valence-corrected chi connectivity index (χ4v) is 5.61. The first-order valence-electron chi connectivity index (χ1n) is 14.9. The Balaban J connectivity index is 1.34. The van der Waals surface area contributed by atoms with Gasteiger partial charge in [-0.3, -0.25) is 10.1 Å². The van der Waals surface area contributed by atoms with Crippen molar-refractivity contribution in [1.29, 1.82) is 0 Å². The molecule has 2 saturated carbocycles. The first kappa shape index (κ1) is 31.3. The van der Waals surface area contributed by atoms with Crippen LogP contribution in [0.15, 0.2) is 42.5 Å². The number of carbonyl (C=O) groups excluding carboxylic acids is 2. The Kier molecular flexibility index (Phi) is 9.12. The van der Waals surface area contributed by atoms with E-state index in [1.54, 1.807) is 29.2 Å². The van der Waals surface area contributed by atoms with Gasteiger partial charge in [0.15, 0.2) is 0 Å². The van der Waals surface area contributed by atoms with Gasteiger partial charge in [0, 0.05) is 18.2 Å². The van der Waals surface area contributed by atoms with Gasteiger partial charge in [0.2, 0.25) is 0 Å². The van der Waals surface area contributed by atoms with E-state index in [2.05, 4.69) is 52.0 Å². The molecule has 44 heavy (non-hydrogen) atoms. The molecule has 10 nitrogen and oxygen atoms in total. The lowest BCUT2D eigenvalue weighted by atomic mass is 9.71. The van der Waals surface area contributed by atoms with Crippen LogP contribution in [0.2, 0.25) is 0 Å². The van der Waals surface area contributed by atoms with Crippen LogP contribution in [0.5, 0.6) is 5.75 Å². The number of nitrogens with zero attached hydrogens (tertiary/aromatic N) is 4. The predicted molar refractivity (Wildman–Crippen MR) is 158 cm³/mol. The summed E-state index contributed by atoms with van der Waals surface area (Å²) in [6.45, 7) is 7.15. The molecule has 236 valence electrons. The molecule has 0 atom stereocenters. The molecule has 0 unspecified atom stereocenters. The number of urea groups is 1. The third-order valence-corrected chi connectivity index (χ3v) is 8.48. The molecule has 0 saturated heterocycles. The Morgan fingerprint density at radius 1 is 0.977 bits per heavy atom. The first-order valence-corrected chi connectivity index (χ1v) is 14.9. The number of rotatable bonds is 9. The summed E-state index contributed by atoms with van der Waals surface area (Å²) in [6.07, 6.45) is 0.645. The summed E-state index contributed by atoms with van der Waals surface area (Å²) in [5.74, 6) is 0.606. The fourth-order valence-electron chi connectivity index (χ4n) is 5.61. The molecule has 0 aliphatic heterocycles. The van der Waals surface area contributed by atoms with Gasteiger partial charge in [0.1, 0.15) is 5.75 Å². The molecule has 13 heteroatoms. The van der Waals surface area contributed by atoms with E-state index >= 15 is 0 Å². The molecule has 3 N–H and O–H groups in total. The smallest absolute Gasteiger partial charge is 0.418 e. The van der Waals surface area contributed by atoms with Crippen molar-refractivity contribution in [3.05, 3.63) is 59.2 Å². The van der Waals surface area contributed by atoms with Crippen LogP contribution >= 0.6 is 0 Å². The molecule has 2 aliphatic rings. The highest BCUT2D eigenvalue weighted by atomic mass is 19.4. The number of anilines is 2. The summed E-state index contributed by atoms with van der Waals surface area (Å²) in [6, 6.07) is 9.57. The monoisotopic (exact) mass is 613 g/mol. The summed E-state index contributed by atoms with van der Waals surface area (Å²) < 4.78 is 47.9. The molecule has 3 aromatic rings. The van der Waals surface area contributed by atoms with Gasteiger partial charge in [-0.25, -0.2) is 4.79 Å². The minimum atomic E-state index is -4.69. The van der Waals surface area contributed by atoms with Gasteiger partial charge in [-0.15, -0.1) is 5.10 Å². The normalized spacial score (nSPS) is 18.9. The zero-order valence-electron chi connectivity index (χ0n) is 25.1. The molecule has 2 fully saturated rings. The van der Waals surface area contributed by atoms with Crippen LogP contribution in [-0.4, -0.2) is 50.1 Å². The molecule has 0 bridgehead atoms. The summed E-state index contributed by atoms with van der Waals surface area (Å²) >= 11 is 0.